The molecule has 2 aromatic rings. The molecule has 2 aromatic carbocycles. The first kappa shape index (κ1) is 19.0. The van der Waals surface area contributed by atoms with Crippen molar-refractivity contribution in [1.29, 1.82) is 0 Å². The number of benzene rings is 2. The van der Waals surface area contributed by atoms with Gasteiger partial charge in [-0.1, -0.05) is 49.7 Å². The lowest BCUT2D eigenvalue weighted by Crippen LogP contribution is -2.35. The number of ether oxygens (including phenoxy) is 1. The quantitative estimate of drug-likeness (QED) is 0.744. The number of amides is 1. The van der Waals surface area contributed by atoms with Gasteiger partial charge in [0.05, 0.1) is 6.04 Å². The Labute approximate surface area is 153 Å². The monoisotopic (exact) mass is 359 g/mol. The third-order valence-corrected chi connectivity index (χ3v) is 4.07. The molecule has 0 radical (unpaired) electrons. The number of Topliss-reactive ketones (excluding diaryl/α,β-unsaturated/α-hetero) is 1. The van der Waals surface area contributed by atoms with Gasteiger partial charge in [0.25, 0.3) is 5.91 Å². The third-order valence-electron chi connectivity index (χ3n) is 3.82. The number of halogens is 1. The van der Waals surface area contributed by atoms with Crippen LogP contribution >= 0.6 is 11.6 Å². The molecule has 5 heteroatoms. The van der Waals surface area contributed by atoms with Gasteiger partial charge in [-0.2, -0.15) is 0 Å². The van der Waals surface area contributed by atoms with E-state index in [4.69, 9.17) is 16.3 Å². The van der Waals surface area contributed by atoms with Crippen molar-refractivity contribution in [1.82, 2.24) is 5.32 Å². The highest BCUT2D eigenvalue weighted by Gasteiger charge is 2.18. The van der Waals surface area contributed by atoms with E-state index in [1.165, 1.54) is 6.92 Å². The summed E-state index contributed by atoms with van der Waals surface area (Å²) >= 11 is 5.92. The zero-order chi connectivity index (χ0) is 18.4. The number of carbonyl (C=O) groups is 2. The number of rotatable bonds is 7. The Kier molecular flexibility index (Phi) is 6.59. The first-order chi connectivity index (χ1) is 11.9. The van der Waals surface area contributed by atoms with E-state index in [9.17, 15) is 9.59 Å². The van der Waals surface area contributed by atoms with Crippen LogP contribution in [-0.4, -0.2) is 18.3 Å². The fraction of sp³-hybridized carbons (Fsp3) is 0.300. The summed E-state index contributed by atoms with van der Waals surface area (Å²) in [5.74, 6) is 0.445. The van der Waals surface area contributed by atoms with E-state index in [0.717, 1.165) is 5.56 Å². The van der Waals surface area contributed by atoms with Crippen molar-refractivity contribution < 1.29 is 14.3 Å². The molecule has 0 spiro atoms. The fourth-order valence-corrected chi connectivity index (χ4v) is 2.60. The Morgan fingerprint density at radius 3 is 2.40 bits per heavy atom. The van der Waals surface area contributed by atoms with E-state index in [1.807, 2.05) is 38.1 Å². The average molecular weight is 360 g/mol. The SMILES string of the molecule is CC(=O)c1cccc(OCC(=O)NC(c2ccc(Cl)cc2)C(C)C)c1. The molecule has 25 heavy (non-hydrogen) atoms. The molecule has 0 heterocycles. The van der Waals surface area contributed by atoms with Crippen molar-refractivity contribution in [2.75, 3.05) is 6.61 Å². The fourth-order valence-electron chi connectivity index (χ4n) is 2.47. The van der Waals surface area contributed by atoms with Crippen LogP contribution in [0.2, 0.25) is 5.02 Å². The highest BCUT2D eigenvalue weighted by molar-refractivity contribution is 6.30. The zero-order valence-corrected chi connectivity index (χ0v) is 15.3. The molecule has 4 nitrogen and oxygen atoms in total. The molecule has 0 saturated heterocycles. The van der Waals surface area contributed by atoms with Gasteiger partial charge in [0.15, 0.2) is 12.4 Å². The number of nitrogens with one attached hydrogen (secondary N) is 1. The molecule has 0 fully saturated rings. The van der Waals surface area contributed by atoms with Crippen LogP contribution in [0.15, 0.2) is 48.5 Å². The van der Waals surface area contributed by atoms with Crippen LogP contribution < -0.4 is 10.1 Å². The lowest BCUT2D eigenvalue weighted by Gasteiger charge is -2.23. The van der Waals surface area contributed by atoms with Gasteiger partial charge in [-0.15, -0.1) is 0 Å². The first-order valence-corrected chi connectivity index (χ1v) is 8.53. The number of hydrogen-bond donors (Lipinski definition) is 1. The van der Waals surface area contributed by atoms with Gasteiger partial charge in [0.2, 0.25) is 0 Å². The first-order valence-electron chi connectivity index (χ1n) is 8.15. The molecule has 1 amide bonds. The molecule has 2 rings (SSSR count). The lowest BCUT2D eigenvalue weighted by molar-refractivity contribution is -0.124. The van der Waals surface area contributed by atoms with Gasteiger partial charge < -0.3 is 10.1 Å². The van der Waals surface area contributed by atoms with Crippen LogP contribution in [0.4, 0.5) is 0 Å². The molecule has 1 atom stereocenters. The molecule has 0 bridgehead atoms. The van der Waals surface area contributed by atoms with Gasteiger partial charge in [-0.05, 0) is 42.7 Å². The van der Waals surface area contributed by atoms with Crippen molar-refractivity contribution >= 4 is 23.3 Å². The molecule has 0 aliphatic rings. The highest BCUT2D eigenvalue weighted by atomic mass is 35.5. The number of hydrogen-bond acceptors (Lipinski definition) is 3. The maximum atomic E-state index is 12.3. The minimum atomic E-state index is -0.220. The third kappa shape index (κ3) is 5.61. The van der Waals surface area contributed by atoms with E-state index in [1.54, 1.807) is 24.3 Å². The van der Waals surface area contributed by atoms with E-state index in [-0.39, 0.29) is 30.3 Å². The Bertz CT molecular complexity index is 741. The van der Waals surface area contributed by atoms with Gasteiger partial charge >= 0.3 is 0 Å². The largest absolute Gasteiger partial charge is 0.484 e. The summed E-state index contributed by atoms with van der Waals surface area (Å²) < 4.78 is 5.51. The summed E-state index contributed by atoms with van der Waals surface area (Å²) in [5.41, 5.74) is 1.55. The second kappa shape index (κ2) is 8.67. The van der Waals surface area contributed by atoms with Gasteiger partial charge in [0.1, 0.15) is 5.75 Å². The van der Waals surface area contributed by atoms with E-state index in [0.29, 0.717) is 16.3 Å². The average Bonchev–Trinajstić information content (AvgIpc) is 2.59. The molecule has 0 aliphatic carbocycles. The van der Waals surface area contributed by atoms with E-state index < -0.39 is 0 Å². The van der Waals surface area contributed by atoms with Crippen LogP contribution in [0.5, 0.6) is 5.75 Å². The molecular weight excluding hydrogens is 338 g/mol. The maximum Gasteiger partial charge on any atom is 0.258 e. The van der Waals surface area contributed by atoms with Crippen molar-refractivity contribution in [2.45, 2.75) is 26.8 Å². The minimum absolute atomic E-state index is 0.0440. The summed E-state index contributed by atoms with van der Waals surface area (Å²) in [6.45, 7) is 5.46. The predicted molar refractivity (Wildman–Crippen MR) is 99.1 cm³/mol. The van der Waals surface area contributed by atoms with Crippen LogP contribution in [-0.2, 0) is 4.79 Å². The second-order valence-electron chi connectivity index (χ2n) is 6.21. The lowest BCUT2D eigenvalue weighted by atomic mass is 9.96. The zero-order valence-electron chi connectivity index (χ0n) is 14.6. The van der Waals surface area contributed by atoms with Crippen LogP contribution in [0.3, 0.4) is 0 Å². The summed E-state index contributed by atoms with van der Waals surface area (Å²) in [6.07, 6.45) is 0. The minimum Gasteiger partial charge on any atom is -0.484 e. The van der Waals surface area contributed by atoms with Gasteiger partial charge in [-0.25, -0.2) is 0 Å². The molecule has 0 aliphatic heterocycles. The van der Waals surface area contributed by atoms with Crippen LogP contribution in [0.25, 0.3) is 0 Å². The highest BCUT2D eigenvalue weighted by Crippen LogP contribution is 2.23. The van der Waals surface area contributed by atoms with Crippen molar-refractivity contribution in [3.05, 3.63) is 64.7 Å². The van der Waals surface area contributed by atoms with Crippen LogP contribution in [0.1, 0.15) is 42.7 Å². The molecular formula is C20H22ClNO3. The summed E-state index contributed by atoms with van der Waals surface area (Å²) in [4.78, 5) is 23.7. The van der Waals surface area contributed by atoms with Crippen molar-refractivity contribution in [2.24, 2.45) is 5.92 Å². The smallest absolute Gasteiger partial charge is 0.258 e. The topological polar surface area (TPSA) is 55.4 Å². The Morgan fingerprint density at radius 1 is 1.12 bits per heavy atom. The second-order valence-corrected chi connectivity index (χ2v) is 6.65. The van der Waals surface area contributed by atoms with Gasteiger partial charge in [-0.3, -0.25) is 9.59 Å². The number of ketones is 1. The van der Waals surface area contributed by atoms with Gasteiger partial charge in [0, 0.05) is 10.6 Å². The van der Waals surface area contributed by atoms with Crippen molar-refractivity contribution in [3.63, 3.8) is 0 Å². The molecule has 0 saturated carbocycles. The summed E-state index contributed by atoms with van der Waals surface area (Å²) in [5, 5.41) is 3.64. The predicted octanol–water partition coefficient (Wildman–Crippen LogP) is 4.43. The Morgan fingerprint density at radius 2 is 1.80 bits per heavy atom. The summed E-state index contributed by atoms with van der Waals surface area (Å²) in [7, 11) is 0. The molecule has 1 N–H and O–H groups in total. The normalized spacial score (nSPS) is 11.9. The van der Waals surface area contributed by atoms with E-state index in [2.05, 4.69) is 5.32 Å². The van der Waals surface area contributed by atoms with Crippen molar-refractivity contribution in [3.8, 4) is 5.75 Å². The standard InChI is InChI=1S/C20H22ClNO3/c1-13(2)20(15-7-9-17(21)10-8-15)22-19(24)12-25-18-6-4-5-16(11-18)14(3)23/h4-11,13,20H,12H2,1-3H3,(H,22,24). The molecule has 0 aromatic heterocycles. The Hall–Kier alpha value is -2.33. The molecule has 1 unspecified atom stereocenters. The number of carbonyl (C=O) groups excluding carboxylic acids is 2. The maximum absolute atomic E-state index is 12.3. The molecule has 132 valence electrons. The summed E-state index contributed by atoms with van der Waals surface area (Å²) in [6, 6.07) is 14.1. The Balaban J connectivity index is 1.98. The van der Waals surface area contributed by atoms with E-state index >= 15 is 0 Å². The van der Waals surface area contributed by atoms with Crippen LogP contribution in [0, 0.1) is 5.92 Å².